The molecular weight excluding hydrogens is 254 g/mol. The summed E-state index contributed by atoms with van der Waals surface area (Å²) in [7, 11) is 0. The zero-order valence-electron chi connectivity index (χ0n) is 11.7. The topological polar surface area (TPSA) is 62.3 Å². The Kier molecular flexibility index (Phi) is 3.20. The van der Waals surface area contributed by atoms with E-state index >= 15 is 0 Å². The number of aryl methyl sites for hydroxylation is 1. The second-order valence-corrected chi connectivity index (χ2v) is 5.91. The van der Waals surface area contributed by atoms with Crippen LogP contribution in [0.5, 0.6) is 0 Å². The molecule has 0 unspecified atom stereocenters. The second-order valence-electron chi connectivity index (χ2n) is 5.91. The smallest absolute Gasteiger partial charge is 0.272 e. The van der Waals surface area contributed by atoms with E-state index in [1.807, 2.05) is 24.0 Å². The Balaban J connectivity index is 1.66. The summed E-state index contributed by atoms with van der Waals surface area (Å²) >= 11 is 0. The molecule has 5 heteroatoms. The third-order valence-electron chi connectivity index (χ3n) is 4.41. The molecule has 3 rings (SSSR count). The molecule has 2 fully saturated rings. The highest BCUT2D eigenvalue weighted by Crippen LogP contribution is 2.37. The molecule has 0 atom stereocenters. The van der Waals surface area contributed by atoms with Gasteiger partial charge in [-0.25, -0.2) is 4.98 Å². The number of pyridine rings is 1. The largest absolute Gasteiger partial charge is 0.356 e. The molecule has 2 amide bonds. The number of aromatic nitrogens is 1. The first kappa shape index (κ1) is 13.1. The number of likely N-dealkylation sites (tertiary alicyclic amines) is 1. The van der Waals surface area contributed by atoms with Crippen molar-refractivity contribution in [3.8, 4) is 0 Å². The van der Waals surface area contributed by atoms with E-state index in [9.17, 15) is 9.59 Å². The highest BCUT2D eigenvalue weighted by Gasteiger charge is 2.41. The van der Waals surface area contributed by atoms with Crippen LogP contribution in [0.4, 0.5) is 0 Å². The van der Waals surface area contributed by atoms with Crippen LogP contribution in [0.1, 0.15) is 35.4 Å². The molecule has 106 valence electrons. The maximum absolute atomic E-state index is 12.4. The van der Waals surface area contributed by atoms with Crippen LogP contribution in [-0.4, -0.2) is 41.3 Å². The van der Waals surface area contributed by atoms with Crippen molar-refractivity contribution in [2.24, 2.45) is 5.41 Å². The van der Waals surface area contributed by atoms with Crippen LogP contribution >= 0.6 is 0 Å². The van der Waals surface area contributed by atoms with Crippen LogP contribution < -0.4 is 5.32 Å². The van der Waals surface area contributed by atoms with Gasteiger partial charge in [-0.3, -0.25) is 9.59 Å². The molecule has 1 aromatic rings. The SMILES string of the molecule is Cc1cccc(C(=O)N2CCC3(CC2)CNC(=O)C3)n1. The molecular formula is C15H19N3O2. The minimum Gasteiger partial charge on any atom is -0.356 e. The van der Waals surface area contributed by atoms with E-state index in [0.29, 0.717) is 25.2 Å². The molecule has 0 bridgehead atoms. The summed E-state index contributed by atoms with van der Waals surface area (Å²) in [4.78, 5) is 29.9. The quantitative estimate of drug-likeness (QED) is 0.834. The van der Waals surface area contributed by atoms with Gasteiger partial charge in [0.15, 0.2) is 0 Å². The lowest BCUT2D eigenvalue weighted by Gasteiger charge is -2.38. The summed E-state index contributed by atoms with van der Waals surface area (Å²) in [5.41, 5.74) is 1.45. The zero-order valence-corrected chi connectivity index (χ0v) is 11.7. The lowest BCUT2D eigenvalue weighted by molar-refractivity contribution is -0.119. The van der Waals surface area contributed by atoms with E-state index in [1.165, 1.54) is 0 Å². The van der Waals surface area contributed by atoms with Crippen LogP contribution in [0, 0.1) is 12.3 Å². The van der Waals surface area contributed by atoms with Crippen molar-refractivity contribution in [2.45, 2.75) is 26.2 Å². The van der Waals surface area contributed by atoms with Crippen LogP contribution in [0.2, 0.25) is 0 Å². The summed E-state index contributed by atoms with van der Waals surface area (Å²) in [6.07, 6.45) is 2.39. The Morgan fingerprint density at radius 2 is 2.10 bits per heavy atom. The molecule has 20 heavy (non-hydrogen) atoms. The molecule has 1 N–H and O–H groups in total. The number of nitrogens with one attached hydrogen (secondary N) is 1. The standard InChI is InChI=1S/C15H19N3O2/c1-11-3-2-4-12(17-11)14(20)18-7-5-15(6-8-18)9-13(19)16-10-15/h2-4H,5-10H2,1H3,(H,16,19). The number of amides is 2. The molecule has 2 aliphatic rings. The average Bonchev–Trinajstić information content (AvgIpc) is 2.80. The first-order valence-electron chi connectivity index (χ1n) is 7.08. The van der Waals surface area contributed by atoms with Gasteiger partial charge in [0.1, 0.15) is 5.69 Å². The normalized spacial score (nSPS) is 21.1. The number of hydrogen-bond acceptors (Lipinski definition) is 3. The Morgan fingerprint density at radius 1 is 1.35 bits per heavy atom. The summed E-state index contributed by atoms with van der Waals surface area (Å²) in [5.74, 6) is 0.144. The molecule has 0 aromatic carbocycles. The third kappa shape index (κ3) is 2.40. The van der Waals surface area contributed by atoms with Crippen molar-refractivity contribution < 1.29 is 9.59 Å². The summed E-state index contributed by atoms with van der Waals surface area (Å²) < 4.78 is 0. The van der Waals surface area contributed by atoms with Crippen molar-refractivity contribution >= 4 is 11.8 Å². The predicted molar refractivity (Wildman–Crippen MR) is 74.2 cm³/mol. The van der Waals surface area contributed by atoms with Gasteiger partial charge in [-0.15, -0.1) is 0 Å². The van der Waals surface area contributed by atoms with Crippen LogP contribution in [0.15, 0.2) is 18.2 Å². The van der Waals surface area contributed by atoms with Crippen molar-refractivity contribution in [1.82, 2.24) is 15.2 Å². The summed E-state index contributed by atoms with van der Waals surface area (Å²) in [5, 5.41) is 2.91. The Bertz CT molecular complexity index is 548. The van der Waals surface area contributed by atoms with E-state index < -0.39 is 0 Å². The number of carbonyl (C=O) groups is 2. The predicted octanol–water partition coefficient (Wildman–Crippen LogP) is 1.13. The molecule has 1 spiro atoms. The maximum Gasteiger partial charge on any atom is 0.272 e. The van der Waals surface area contributed by atoms with Gasteiger partial charge in [0.05, 0.1) is 0 Å². The van der Waals surface area contributed by atoms with Crippen LogP contribution in [0.3, 0.4) is 0 Å². The van der Waals surface area contributed by atoms with Gasteiger partial charge in [0.2, 0.25) is 5.91 Å². The van der Waals surface area contributed by atoms with Crippen molar-refractivity contribution in [3.05, 3.63) is 29.6 Å². The third-order valence-corrected chi connectivity index (χ3v) is 4.41. The fourth-order valence-electron chi connectivity index (χ4n) is 3.11. The Labute approximate surface area is 118 Å². The van der Waals surface area contributed by atoms with E-state index in [0.717, 1.165) is 25.1 Å². The lowest BCUT2D eigenvalue weighted by Crippen LogP contribution is -2.44. The van der Waals surface area contributed by atoms with Gasteiger partial charge >= 0.3 is 0 Å². The number of hydrogen-bond donors (Lipinski definition) is 1. The number of piperidine rings is 1. The first-order chi connectivity index (χ1) is 9.58. The Hall–Kier alpha value is -1.91. The van der Waals surface area contributed by atoms with Crippen molar-refractivity contribution in [2.75, 3.05) is 19.6 Å². The molecule has 2 saturated heterocycles. The minimum atomic E-state index is 0.000771. The molecule has 1 aromatic heterocycles. The van der Waals surface area contributed by atoms with Crippen LogP contribution in [-0.2, 0) is 4.79 Å². The monoisotopic (exact) mass is 273 g/mol. The maximum atomic E-state index is 12.4. The molecule has 3 heterocycles. The van der Waals surface area contributed by atoms with Crippen molar-refractivity contribution in [1.29, 1.82) is 0 Å². The van der Waals surface area contributed by atoms with E-state index in [4.69, 9.17) is 0 Å². The minimum absolute atomic E-state index is 0.000771. The first-order valence-corrected chi connectivity index (χ1v) is 7.08. The van der Waals surface area contributed by atoms with Gasteiger partial charge in [0.25, 0.3) is 5.91 Å². The average molecular weight is 273 g/mol. The summed E-state index contributed by atoms with van der Waals surface area (Å²) in [6, 6.07) is 5.51. The van der Waals surface area contributed by atoms with Gasteiger partial charge in [-0.1, -0.05) is 6.07 Å². The lowest BCUT2D eigenvalue weighted by atomic mass is 9.77. The highest BCUT2D eigenvalue weighted by atomic mass is 16.2. The van der Waals surface area contributed by atoms with Gasteiger partial charge in [-0.2, -0.15) is 0 Å². The van der Waals surface area contributed by atoms with Crippen LogP contribution in [0.25, 0.3) is 0 Å². The number of carbonyl (C=O) groups excluding carboxylic acids is 2. The zero-order chi connectivity index (χ0) is 14.2. The fraction of sp³-hybridized carbons (Fsp3) is 0.533. The molecule has 2 aliphatic heterocycles. The second kappa shape index (κ2) is 4.89. The van der Waals surface area contributed by atoms with Gasteiger partial charge in [0, 0.05) is 31.7 Å². The van der Waals surface area contributed by atoms with Gasteiger partial charge < -0.3 is 10.2 Å². The molecule has 5 nitrogen and oxygen atoms in total. The number of nitrogens with zero attached hydrogens (tertiary/aromatic N) is 2. The van der Waals surface area contributed by atoms with E-state index in [1.54, 1.807) is 6.07 Å². The van der Waals surface area contributed by atoms with E-state index in [2.05, 4.69) is 10.3 Å². The Morgan fingerprint density at radius 3 is 2.70 bits per heavy atom. The fourth-order valence-corrected chi connectivity index (χ4v) is 3.11. The molecule has 0 saturated carbocycles. The van der Waals surface area contributed by atoms with Crippen molar-refractivity contribution in [3.63, 3.8) is 0 Å². The van der Waals surface area contributed by atoms with Gasteiger partial charge in [-0.05, 0) is 37.3 Å². The molecule has 0 radical (unpaired) electrons. The van der Waals surface area contributed by atoms with E-state index in [-0.39, 0.29) is 17.2 Å². The highest BCUT2D eigenvalue weighted by molar-refractivity contribution is 5.92. The summed E-state index contributed by atoms with van der Waals surface area (Å²) in [6.45, 7) is 4.07. The molecule has 0 aliphatic carbocycles. The number of rotatable bonds is 1.